The lowest BCUT2D eigenvalue weighted by Gasteiger charge is -2.06. The molecule has 1 amide bonds. The second-order valence-corrected chi connectivity index (χ2v) is 5.08. The minimum Gasteiger partial charge on any atom is -0.355 e. The predicted octanol–water partition coefficient (Wildman–Crippen LogP) is 2.91. The third-order valence-corrected chi connectivity index (χ3v) is 3.07. The average molecular weight is 271 g/mol. The van der Waals surface area contributed by atoms with Gasteiger partial charge in [-0.1, -0.05) is 38.7 Å². The molecule has 18 heavy (non-hydrogen) atoms. The fourth-order valence-electron chi connectivity index (χ4n) is 1.52. The summed E-state index contributed by atoms with van der Waals surface area (Å²) >= 11 is 4.16. The number of nitrogens with one attached hydrogen (secondary N) is 1. The first-order valence-corrected chi connectivity index (χ1v) is 7.22. The maximum absolute atomic E-state index is 11.6. The summed E-state index contributed by atoms with van der Waals surface area (Å²) in [5.41, 5.74) is 0. The first-order chi connectivity index (χ1) is 8.57. The summed E-state index contributed by atoms with van der Waals surface area (Å²) in [6.45, 7) is 3.91. The molecule has 0 aliphatic heterocycles. The van der Waals surface area contributed by atoms with Gasteiger partial charge in [0.05, 0.1) is 5.25 Å². The normalized spacial score (nSPS) is 12.6. The van der Waals surface area contributed by atoms with Crippen molar-refractivity contribution in [3.63, 3.8) is 0 Å². The molecule has 0 aromatic rings. The van der Waals surface area contributed by atoms with E-state index in [4.69, 9.17) is 0 Å². The van der Waals surface area contributed by atoms with E-state index in [2.05, 4.69) is 24.9 Å². The Morgan fingerprint density at radius 2 is 1.89 bits per heavy atom. The summed E-state index contributed by atoms with van der Waals surface area (Å²) in [6.07, 6.45) is 10.6. The molecule has 3 nitrogen and oxygen atoms in total. The number of carbonyl (C=O) groups excluding carboxylic acids is 2. The molecule has 1 atom stereocenters. The molecular formula is C14H25NO2S. The topological polar surface area (TPSA) is 46.2 Å². The molecule has 0 radical (unpaired) electrons. The van der Waals surface area contributed by atoms with Gasteiger partial charge in [0, 0.05) is 13.5 Å². The van der Waals surface area contributed by atoms with Gasteiger partial charge >= 0.3 is 0 Å². The van der Waals surface area contributed by atoms with Crippen molar-refractivity contribution >= 4 is 24.3 Å². The summed E-state index contributed by atoms with van der Waals surface area (Å²) in [6, 6.07) is 0. The number of hydrogen-bond donors (Lipinski definition) is 2. The highest BCUT2D eigenvalue weighted by atomic mass is 32.1. The zero-order chi connectivity index (χ0) is 13.8. The molecule has 0 saturated heterocycles. The van der Waals surface area contributed by atoms with Crippen LogP contribution >= 0.6 is 12.6 Å². The van der Waals surface area contributed by atoms with Gasteiger partial charge < -0.3 is 5.32 Å². The highest BCUT2D eigenvalue weighted by Gasteiger charge is 2.10. The first-order valence-electron chi connectivity index (χ1n) is 6.70. The van der Waals surface area contributed by atoms with E-state index in [0.29, 0.717) is 0 Å². The first kappa shape index (κ1) is 17.2. The molecule has 0 aromatic carbocycles. The SMILES string of the molecule is CCCCCCC/C=C\C(=O)C(S)CNC(C)=O. The zero-order valence-corrected chi connectivity index (χ0v) is 12.3. The maximum Gasteiger partial charge on any atom is 0.216 e. The second-order valence-electron chi connectivity index (χ2n) is 4.46. The molecule has 0 aliphatic rings. The van der Waals surface area contributed by atoms with Crippen LogP contribution in [-0.4, -0.2) is 23.5 Å². The molecule has 0 bridgehead atoms. The summed E-state index contributed by atoms with van der Waals surface area (Å²) in [5.74, 6) is -0.178. The third-order valence-electron chi connectivity index (χ3n) is 2.63. The van der Waals surface area contributed by atoms with Crippen LogP contribution in [0.25, 0.3) is 0 Å². The molecule has 0 spiro atoms. The standard InChI is InChI=1S/C14H25NO2S/c1-3-4-5-6-7-8-9-10-13(17)14(18)11-15-12(2)16/h9-10,14,18H,3-8,11H2,1-2H3,(H,15,16)/b10-9-. The van der Waals surface area contributed by atoms with Crippen LogP contribution in [0.3, 0.4) is 0 Å². The molecule has 0 saturated carbocycles. The van der Waals surface area contributed by atoms with Crippen LogP contribution in [-0.2, 0) is 9.59 Å². The zero-order valence-electron chi connectivity index (χ0n) is 11.4. The van der Waals surface area contributed by atoms with Gasteiger partial charge in [0.1, 0.15) is 0 Å². The van der Waals surface area contributed by atoms with Crippen LogP contribution in [0.1, 0.15) is 52.4 Å². The Balaban J connectivity index is 3.63. The Kier molecular flexibility index (Phi) is 10.8. The van der Waals surface area contributed by atoms with E-state index in [1.165, 1.54) is 32.6 Å². The van der Waals surface area contributed by atoms with Crippen molar-refractivity contribution in [3.8, 4) is 0 Å². The van der Waals surface area contributed by atoms with E-state index >= 15 is 0 Å². The smallest absolute Gasteiger partial charge is 0.216 e. The molecule has 104 valence electrons. The van der Waals surface area contributed by atoms with Crippen molar-refractivity contribution in [2.75, 3.05) is 6.54 Å². The Hall–Kier alpha value is -0.770. The molecule has 0 aliphatic carbocycles. The summed E-state index contributed by atoms with van der Waals surface area (Å²) in [4.78, 5) is 22.3. The van der Waals surface area contributed by atoms with Crippen molar-refractivity contribution in [2.24, 2.45) is 0 Å². The highest BCUT2D eigenvalue weighted by molar-refractivity contribution is 7.81. The fraction of sp³-hybridized carbons (Fsp3) is 0.714. The van der Waals surface area contributed by atoms with Crippen molar-refractivity contribution in [2.45, 2.75) is 57.6 Å². The Labute approximate surface area is 116 Å². The largest absolute Gasteiger partial charge is 0.355 e. The third kappa shape index (κ3) is 10.4. The van der Waals surface area contributed by atoms with Gasteiger partial charge in [-0.05, 0) is 18.9 Å². The van der Waals surface area contributed by atoms with Gasteiger partial charge in [-0.2, -0.15) is 12.6 Å². The van der Waals surface area contributed by atoms with Gasteiger partial charge in [-0.15, -0.1) is 0 Å². The van der Waals surface area contributed by atoms with Crippen LogP contribution in [0.5, 0.6) is 0 Å². The van der Waals surface area contributed by atoms with Crippen LogP contribution in [0.15, 0.2) is 12.2 Å². The number of unbranched alkanes of at least 4 members (excludes halogenated alkanes) is 5. The molecule has 1 unspecified atom stereocenters. The van der Waals surface area contributed by atoms with E-state index < -0.39 is 5.25 Å². The molecule has 0 rings (SSSR count). The quantitative estimate of drug-likeness (QED) is 0.364. The number of allylic oxidation sites excluding steroid dienone is 2. The molecule has 0 fully saturated rings. The summed E-state index contributed by atoms with van der Waals surface area (Å²) < 4.78 is 0. The van der Waals surface area contributed by atoms with E-state index in [9.17, 15) is 9.59 Å². The summed E-state index contributed by atoms with van der Waals surface area (Å²) in [7, 11) is 0. The predicted molar refractivity (Wildman–Crippen MR) is 79.0 cm³/mol. The monoisotopic (exact) mass is 271 g/mol. The number of carbonyl (C=O) groups is 2. The molecule has 4 heteroatoms. The number of thiol groups is 1. The van der Waals surface area contributed by atoms with E-state index in [0.717, 1.165) is 12.8 Å². The van der Waals surface area contributed by atoms with Crippen LogP contribution in [0.2, 0.25) is 0 Å². The molecule has 0 heterocycles. The Morgan fingerprint density at radius 3 is 2.50 bits per heavy atom. The molecule has 0 aromatic heterocycles. The lowest BCUT2D eigenvalue weighted by Crippen LogP contribution is -2.31. The summed E-state index contributed by atoms with van der Waals surface area (Å²) in [5, 5.41) is 2.14. The number of amides is 1. The minimum absolute atomic E-state index is 0.0411. The van der Waals surface area contributed by atoms with E-state index in [-0.39, 0.29) is 18.2 Å². The van der Waals surface area contributed by atoms with Gasteiger partial charge in [0.2, 0.25) is 5.91 Å². The minimum atomic E-state index is -0.440. The number of rotatable bonds is 10. The number of ketones is 1. The van der Waals surface area contributed by atoms with E-state index in [1.54, 1.807) is 6.08 Å². The molecule has 1 N–H and O–H groups in total. The maximum atomic E-state index is 11.6. The van der Waals surface area contributed by atoms with Gasteiger partial charge in [0.15, 0.2) is 5.78 Å². The lowest BCUT2D eigenvalue weighted by atomic mass is 10.1. The van der Waals surface area contributed by atoms with Gasteiger partial charge in [0.25, 0.3) is 0 Å². The van der Waals surface area contributed by atoms with Crippen molar-refractivity contribution in [1.82, 2.24) is 5.32 Å². The Bertz CT molecular complexity index is 277. The van der Waals surface area contributed by atoms with Crippen molar-refractivity contribution < 1.29 is 9.59 Å². The van der Waals surface area contributed by atoms with Gasteiger partial charge in [-0.25, -0.2) is 0 Å². The van der Waals surface area contributed by atoms with Crippen LogP contribution in [0, 0.1) is 0 Å². The van der Waals surface area contributed by atoms with Gasteiger partial charge in [-0.3, -0.25) is 9.59 Å². The van der Waals surface area contributed by atoms with Crippen molar-refractivity contribution in [3.05, 3.63) is 12.2 Å². The highest BCUT2D eigenvalue weighted by Crippen LogP contribution is 2.06. The van der Waals surface area contributed by atoms with Crippen LogP contribution in [0.4, 0.5) is 0 Å². The second kappa shape index (κ2) is 11.3. The lowest BCUT2D eigenvalue weighted by molar-refractivity contribution is -0.119. The van der Waals surface area contributed by atoms with E-state index in [1.807, 2.05) is 6.08 Å². The molecular weight excluding hydrogens is 246 g/mol. The van der Waals surface area contributed by atoms with Crippen LogP contribution < -0.4 is 5.32 Å². The number of hydrogen-bond acceptors (Lipinski definition) is 3. The Morgan fingerprint density at radius 1 is 1.22 bits per heavy atom. The average Bonchev–Trinajstić information content (AvgIpc) is 2.34. The fourth-order valence-corrected chi connectivity index (χ4v) is 1.69. The van der Waals surface area contributed by atoms with Crippen molar-refractivity contribution in [1.29, 1.82) is 0 Å².